The van der Waals surface area contributed by atoms with Gasteiger partial charge in [0.1, 0.15) is 0 Å². The Bertz CT molecular complexity index is 524. The van der Waals surface area contributed by atoms with E-state index in [4.69, 9.17) is 0 Å². The van der Waals surface area contributed by atoms with Gasteiger partial charge < -0.3 is 5.11 Å². The highest BCUT2D eigenvalue weighted by Gasteiger charge is 2.64. The molecule has 1 nitrogen and oxygen atoms in total. The molecule has 4 saturated carbocycles. The van der Waals surface area contributed by atoms with E-state index in [9.17, 15) is 5.11 Å². The summed E-state index contributed by atoms with van der Waals surface area (Å²) in [5.74, 6) is 5.11. The summed E-state index contributed by atoms with van der Waals surface area (Å²) in [5.41, 5.74) is 0.397. The number of rotatable bonds is 0. The lowest BCUT2D eigenvalue weighted by molar-refractivity contribution is -0.146. The molecule has 130 valence electrons. The summed E-state index contributed by atoms with van der Waals surface area (Å²) in [6, 6.07) is 0. The fourth-order valence-corrected chi connectivity index (χ4v) is 8.95. The lowest BCUT2D eigenvalue weighted by atomic mass is 9.44. The Kier molecular flexibility index (Phi) is 3.06. The Morgan fingerprint density at radius 3 is 2.35 bits per heavy atom. The van der Waals surface area contributed by atoms with Gasteiger partial charge in [0.15, 0.2) is 0 Å². The summed E-state index contributed by atoms with van der Waals surface area (Å²) in [4.78, 5) is 0. The molecule has 0 aromatic rings. The van der Waals surface area contributed by atoms with Crippen molar-refractivity contribution in [2.75, 3.05) is 5.75 Å². The molecule has 5 fully saturated rings. The van der Waals surface area contributed by atoms with E-state index in [1.807, 2.05) is 0 Å². The van der Waals surface area contributed by atoms with Gasteiger partial charge in [-0.25, -0.2) is 0 Å². The zero-order valence-corrected chi connectivity index (χ0v) is 16.1. The van der Waals surface area contributed by atoms with E-state index in [0.717, 1.165) is 34.8 Å². The van der Waals surface area contributed by atoms with Gasteiger partial charge in [-0.05, 0) is 99.2 Å². The lowest BCUT2D eigenvalue weighted by Gasteiger charge is -2.61. The van der Waals surface area contributed by atoms with Gasteiger partial charge in [-0.3, -0.25) is 0 Å². The topological polar surface area (TPSA) is 20.2 Å². The molecule has 23 heavy (non-hydrogen) atoms. The first-order chi connectivity index (χ1) is 10.8. The second kappa shape index (κ2) is 4.53. The average molecular weight is 335 g/mol. The van der Waals surface area contributed by atoms with Crippen molar-refractivity contribution >= 4 is 11.8 Å². The average Bonchev–Trinajstić information content (AvgIpc) is 3.21. The first kappa shape index (κ1) is 15.6. The summed E-state index contributed by atoms with van der Waals surface area (Å²) < 4.78 is 0.733. The molecule has 0 radical (unpaired) electrons. The van der Waals surface area contributed by atoms with Crippen LogP contribution in [0.2, 0.25) is 0 Å². The molecule has 0 bridgehead atoms. The van der Waals surface area contributed by atoms with Crippen LogP contribution in [0.4, 0.5) is 0 Å². The molecule has 1 saturated heterocycles. The van der Waals surface area contributed by atoms with Crippen LogP contribution in [-0.2, 0) is 0 Å². The highest BCUT2D eigenvalue weighted by Crippen LogP contribution is 2.71. The van der Waals surface area contributed by atoms with E-state index in [0.29, 0.717) is 5.41 Å². The minimum absolute atomic E-state index is 0.194. The molecule has 5 aliphatic rings. The lowest BCUT2D eigenvalue weighted by Crippen LogP contribution is -2.56. The van der Waals surface area contributed by atoms with E-state index >= 15 is 0 Å². The maximum absolute atomic E-state index is 11.0. The maximum Gasteiger partial charge on any atom is 0.0675 e. The van der Waals surface area contributed by atoms with Crippen molar-refractivity contribution in [1.82, 2.24) is 0 Å². The van der Waals surface area contributed by atoms with Crippen molar-refractivity contribution < 1.29 is 5.11 Å². The number of hydrogen-bond acceptors (Lipinski definition) is 2. The molecule has 0 unspecified atom stereocenters. The smallest absolute Gasteiger partial charge is 0.0675 e. The van der Waals surface area contributed by atoms with E-state index in [1.165, 1.54) is 57.1 Å². The quantitative estimate of drug-likeness (QED) is 0.609. The minimum atomic E-state index is -0.415. The van der Waals surface area contributed by atoms with Crippen LogP contribution in [-0.4, -0.2) is 21.2 Å². The van der Waals surface area contributed by atoms with Gasteiger partial charge in [-0.2, -0.15) is 11.8 Å². The molecule has 0 amide bonds. The van der Waals surface area contributed by atoms with Crippen molar-refractivity contribution in [3.63, 3.8) is 0 Å². The molecule has 1 heterocycles. The van der Waals surface area contributed by atoms with E-state index in [-0.39, 0.29) is 5.41 Å². The second-order valence-corrected chi connectivity index (χ2v) is 12.0. The third-order valence-corrected chi connectivity index (χ3v) is 11.4. The van der Waals surface area contributed by atoms with Crippen LogP contribution >= 0.6 is 11.8 Å². The molecule has 1 aliphatic heterocycles. The van der Waals surface area contributed by atoms with Crippen LogP contribution in [0.25, 0.3) is 0 Å². The number of fused-ring (bicyclic) bond motifs is 5. The van der Waals surface area contributed by atoms with Crippen molar-refractivity contribution in [1.29, 1.82) is 0 Å². The van der Waals surface area contributed by atoms with Crippen molar-refractivity contribution in [3.05, 3.63) is 0 Å². The Hall–Kier alpha value is 0.310. The second-order valence-electron chi connectivity index (χ2n) is 10.6. The Labute approximate surface area is 146 Å². The van der Waals surface area contributed by atoms with Crippen LogP contribution in [0.15, 0.2) is 0 Å². The SMILES string of the molecule is C[C@]12CC[C@]3(CS3)C[C@H]1CC[C@@H]1[C@@H]2CC[C@@]2(C)[C@H]1CC[C@]2(C)O. The molecule has 2 heteroatoms. The molecule has 1 N–H and O–H groups in total. The third kappa shape index (κ3) is 1.92. The van der Waals surface area contributed by atoms with Crippen molar-refractivity contribution in [2.45, 2.75) is 88.9 Å². The highest BCUT2D eigenvalue weighted by atomic mass is 32.2. The van der Waals surface area contributed by atoms with Gasteiger partial charge in [-0.15, -0.1) is 0 Å². The number of hydrogen-bond donors (Lipinski definition) is 1. The number of thioether (sulfide) groups is 1. The van der Waals surface area contributed by atoms with Gasteiger partial charge in [-0.1, -0.05) is 13.8 Å². The number of aliphatic hydroxyl groups is 1. The van der Waals surface area contributed by atoms with E-state index in [2.05, 4.69) is 32.5 Å². The Balaban J connectivity index is 1.45. The van der Waals surface area contributed by atoms with Crippen LogP contribution in [0.5, 0.6) is 0 Å². The van der Waals surface area contributed by atoms with Gasteiger partial charge in [0.05, 0.1) is 5.60 Å². The van der Waals surface area contributed by atoms with Crippen LogP contribution in [0.1, 0.15) is 78.6 Å². The molecule has 8 atom stereocenters. The summed E-state index contributed by atoms with van der Waals surface area (Å²) in [5, 5.41) is 11.0. The zero-order chi connectivity index (χ0) is 16.1. The van der Waals surface area contributed by atoms with E-state index < -0.39 is 5.60 Å². The Morgan fingerprint density at radius 2 is 1.61 bits per heavy atom. The van der Waals surface area contributed by atoms with Crippen LogP contribution in [0.3, 0.4) is 0 Å². The third-order valence-electron chi connectivity index (χ3n) is 9.92. The fraction of sp³-hybridized carbons (Fsp3) is 1.00. The van der Waals surface area contributed by atoms with Gasteiger partial charge >= 0.3 is 0 Å². The van der Waals surface area contributed by atoms with Crippen LogP contribution < -0.4 is 0 Å². The Morgan fingerprint density at radius 1 is 0.870 bits per heavy atom. The summed E-state index contributed by atoms with van der Waals surface area (Å²) >= 11 is 2.26. The van der Waals surface area contributed by atoms with E-state index in [1.54, 1.807) is 0 Å². The summed E-state index contributed by atoms with van der Waals surface area (Å²) in [6.07, 6.45) is 12.4. The van der Waals surface area contributed by atoms with Gasteiger partial charge in [0, 0.05) is 10.5 Å². The highest BCUT2D eigenvalue weighted by molar-refractivity contribution is 8.07. The normalized spacial score (nSPS) is 64.2. The fourth-order valence-electron chi connectivity index (χ4n) is 7.92. The summed E-state index contributed by atoms with van der Waals surface area (Å²) in [6.45, 7) is 7.23. The minimum Gasteiger partial charge on any atom is -0.390 e. The first-order valence-corrected chi connectivity index (χ1v) is 11.1. The molecule has 5 rings (SSSR count). The predicted molar refractivity (Wildman–Crippen MR) is 97.5 cm³/mol. The van der Waals surface area contributed by atoms with Gasteiger partial charge in [0.2, 0.25) is 0 Å². The maximum atomic E-state index is 11.0. The van der Waals surface area contributed by atoms with Crippen molar-refractivity contribution in [2.24, 2.45) is 34.5 Å². The molecule has 4 aliphatic carbocycles. The first-order valence-electron chi connectivity index (χ1n) is 10.2. The predicted octanol–water partition coefficient (Wildman–Crippen LogP) is 5.27. The van der Waals surface area contributed by atoms with Gasteiger partial charge in [0.25, 0.3) is 0 Å². The monoisotopic (exact) mass is 334 g/mol. The van der Waals surface area contributed by atoms with Crippen molar-refractivity contribution in [3.8, 4) is 0 Å². The molecular weight excluding hydrogens is 300 g/mol. The summed E-state index contributed by atoms with van der Waals surface area (Å²) in [7, 11) is 0. The molecule has 0 aromatic carbocycles. The largest absolute Gasteiger partial charge is 0.390 e. The molecule has 0 aromatic heterocycles. The molecule has 1 spiro atoms. The van der Waals surface area contributed by atoms with Crippen LogP contribution in [0, 0.1) is 34.5 Å². The standard InChI is InChI=1S/C21H34OS/c1-18-10-11-21(13-23-21)12-14(18)4-5-15-16(18)6-8-19(2)17(15)7-9-20(19,3)22/h14-17,22H,4-13H2,1-3H3/t14-,15-,16+,17+,18+,19+,20+,21-/m1/s1. The zero-order valence-electron chi connectivity index (χ0n) is 15.2. The molecular formula is C21H34OS.